The number of pyridine rings is 1. The summed E-state index contributed by atoms with van der Waals surface area (Å²) in [5, 5.41) is 2.89. The highest BCUT2D eigenvalue weighted by molar-refractivity contribution is 5.99. The third-order valence-electron chi connectivity index (χ3n) is 4.26. The maximum absolute atomic E-state index is 13.9. The van der Waals surface area contributed by atoms with Crippen LogP contribution in [0.1, 0.15) is 16.8 Å². The lowest BCUT2D eigenvalue weighted by Gasteiger charge is -2.22. The molecule has 2 heterocycles. The minimum absolute atomic E-state index is 0.219. The summed E-state index contributed by atoms with van der Waals surface area (Å²) < 4.78 is 13.9. The Hall–Kier alpha value is -3.16. The number of carbonyl (C=O) groups excluding carboxylic acids is 2. The minimum Gasteiger partial charge on any atom is -0.351 e. The Labute approximate surface area is 150 Å². The molecule has 1 aromatic carbocycles. The summed E-state index contributed by atoms with van der Waals surface area (Å²) in [4.78, 5) is 31.6. The van der Waals surface area contributed by atoms with Gasteiger partial charge in [-0.3, -0.25) is 4.79 Å². The van der Waals surface area contributed by atoms with E-state index in [-0.39, 0.29) is 11.6 Å². The molecular weight excluding hydrogens is 337 g/mol. The van der Waals surface area contributed by atoms with Gasteiger partial charge in [0, 0.05) is 32.4 Å². The molecule has 3 amide bonds. The van der Waals surface area contributed by atoms with Crippen molar-refractivity contribution in [3.63, 3.8) is 0 Å². The highest BCUT2D eigenvalue weighted by atomic mass is 19.1. The number of hydrogen-bond donors (Lipinski definition) is 2. The van der Waals surface area contributed by atoms with Crippen molar-refractivity contribution >= 4 is 23.4 Å². The number of para-hydroxylation sites is 1. The van der Waals surface area contributed by atoms with Crippen LogP contribution in [0.2, 0.25) is 0 Å². The maximum atomic E-state index is 13.9. The van der Waals surface area contributed by atoms with Crippen LogP contribution in [0.4, 0.5) is 20.7 Å². The van der Waals surface area contributed by atoms with Gasteiger partial charge >= 0.3 is 6.03 Å². The van der Waals surface area contributed by atoms with Crippen molar-refractivity contribution in [3.05, 3.63) is 54.0 Å². The molecule has 136 valence electrons. The van der Waals surface area contributed by atoms with Crippen LogP contribution in [0.5, 0.6) is 0 Å². The van der Waals surface area contributed by atoms with E-state index in [0.717, 1.165) is 0 Å². The summed E-state index contributed by atoms with van der Waals surface area (Å²) in [7, 11) is 0. The van der Waals surface area contributed by atoms with E-state index in [0.29, 0.717) is 44.0 Å². The van der Waals surface area contributed by atoms with E-state index < -0.39 is 11.8 Å². The molecule has 0 atom stereocenters. The van der Waals surface area contributed by atoms with Gasteiger partial charge < -0.3 is 20.9 Å². The Morgan fingerprint density at radius 2 is 1.77 bits per heavy atom. The smallest absolute Gasteiger partial charge is 0.314 e. The van der Waals surface area contributed by atoms with Crippen molar-refractivity contribution in [1.82, 2.24) is 14.8 Å². The molecule has 0 bridgehead atoms. The van der Waals surface area contributed by atoms with Gasteiger partial charge in [0.05, 0.1) is 11.3 Å². The molecule has 2 aromatic rings. The second kappa shape index (κ2) is 7.81. The molecule has 3 rings (SSSR count). The van der Waals surface area contributed by atoms with E-state index in [1.165, 1.54) is 17.2 Å². The van der Waals surface area contributed by atoms with E-state index >= 15 is 0 Å². The van der Waals surface area contributed by atoms with E-state index in [9.17, 15) is 14.0 Å². The van der Waals surface area contributed by atoms with E-state index in [4.69, 9.17) is 5.73 Å². The van der Waals surface area contributed by atoms with Gasteiger partial charge in [-0.05, 0) is 30.7 Å². The number of benzene rings is 1. The van der Waals surface area contributed by atoms with Crippen LogP contribution in [0, 0.1) is 5.82 Å². The minimum atomic E-state index is -0.484. The van der Waals surface area contributed by atoms with Crippen LogP contribution in [-0.4, -0.2) is 52.9 Å². The van der Waals surface area contributed by atoms with Crippen LogP contribution in [-0.2, 0) is 0 Å². The fourth-order valence-corrected chi connectivity index (χ4v) is 2.88. The standard InChI is InChI=1S/C18H20FN5O2/c19-14-6-1-2-7-15(14)22-16-13(5-3-8-21-16)17(25)23-9-4-10-24(12-11-23)18(20)26/h1-3,5-8H,4,9-12H2,(H2,20,26)(H,21,22). The molecule has 1 aliphatic rings. The van der Waals surface area contributed by atoms with Crippen molar-refractivity contribution in [2.45, 2.75) is 6.42 Å². The Bertz CT molecular complexity index is 814. The molecule has 3 N–H and O–H groups in total. The summed E-state index contributed by atoms with van der Waals surface area (Å²) >= 11 is 0. The average Bonchev–Trinajstić information content (AvgIpc) is 2.90. The first-order valence-electron chi connectivity index (χ1n) is 8.36. The van der Waals surface area contributed by atoms with Crippen molar-refractivity contribution in [1.29, 1.82) is 0 Å². The molecule has 0 saturated carbocycles. The number of nitrogens with one attached hydrogen (secondary N) is 1. The highest BCUT2D eigenvalue weighted by Crippen LogP contribution is 2.22. The second-order valence-corrected chi connectivity index (χ2v) is 5.98. The van der Waals surface area contributed by atoms with Crippen molar-refractivity contribution in [2.24, 2.45) is 5.73 Å². The van der Waals surface area contributed by atoms with Crippen LogP contribution in [0.3, 0.4) is 0 Å². The number of nitrogens with two attached hydrogens (primary N) is 1. The van der Waals surface area contributed by atoms with E-state index in [1.807, 2.05) is 0 Å². The van der Waals surface area contributed by atoms with Gasteiger partial charge in [0.15, 0.2) is 0 Å². The SMILES string of the molecule is NC(=O)N1CCCN(C(=O)c2cccnc2Nc2ccccc2F)CC1. The van der Waals surface area contributed by atoms with Crippen LogP contribution in [0.25, 0.3) is 0 Å². The number of aromatic nitrogens is 1. The maximum Gasteiger partial charge on any atom is 0.314 e. The topological polar surface area (TPSA) is 91.6 Å². The highest BCUT2D eigenvalue weighted by Gasteiger charge is 2.24. The van der Waals surface area contributed by atoms with Gasteiger partial charge in [-0.2, -0.15) is 0 Å². The van der Waals surface area contributed by atoms with E-state index in [1.54, 1.807) is 35.2 Å². The van der Waals surface area contributed by atoms with Crippen LogP contribution >= 0.6 is 0 Å². The van der Waals surface area contributed by atoms with Crippen molar-refractivity contribution in [2.75, 3.05) is 31.5 Å². The number of rotatable bonds is 3. The summed E-state index contributed by atoms with van der Waals surface area (Å²) in [6.45, 7) is 1.80. The first kappa shape index (κ1) is 17.7. The van der Waals surface area contributed by atoms with Gasteiger partial charge in [-0.1, -0.05) is 12.1 Å². The molecular formula is C18H20FN5O2. The molecule has 1 aromatic heterocycles. The first-order valence-corrected chi connectivity index (χ1v) is 8.36. The van der Waals surface area contributed by atoms with Crippen molar-refractivity contribution < 1.29 is 14.0 Å². The molecule has 1 aliphatic heterocycles. The summed E-state index contributed by atoms with van der Waals surface area (Å²) in [5.74, 6) is -0.356. The van der Waals surface area contributed by atoms with E-state index in [2.05, 4.69) is 10.3 Å². The zero-order valence-electron chi connectivity index (χ0n) is 14.2. The monoisotopic (exact) mass is 357 g/mol. The fraction of sp³-hybridized carbons (Fsp3) is 0.278. The Balaban J connectivity index is 1.80. The van der Waals surface area contributed by atoms with Gasteiger partial charge in [-0.25, -0.2) is 14.2 Å². The number of amides is 3. The molecule has 8 heteroatoms. The largest absolute Gasteiger partial charge is 0.351 e. The number of carbonyl (C=O) groups is 2. The summed E-state index contributed by atoms with van der Waals surface area (Å²) in [6, 6.07) is 9.02. The first-order chi connectivity index (χ1) is 12.6. The summed E-state index contributed by atoms with van der Waals surface area (Å²) in [6.07, 6.45) is 2.18. The number of nitrogens with zero attached hydrogens (tertiary/aromatic N) is 3. The number of urea groups is 1. The Morgan fingerprint density at radius 3 is 2.54 bits per heavy atom. The number of hydrogen-bond acceptors (Lipinski definition) is 4. The fourth-order valence-electron chi connectivity index (χ4n) is 2.88. The summed E-state index contributed by atoms with van der Waals surface area (Å²) in [5.41, 5.74) is 5.92. The lowest BCUT2D eigenvalue weighted by molar-refractivity contribution is 0.0763. The number of anilines is 2. The molecule has 7 nitrogen and oxygen atoms in total. The molecule has 0 unspecified atom stereocenters. The molecule has 1 fully saturated rings. The molecule has 0 spiro atoms. The van der Waals surface area contributed by atoms with Crippen LogP contribution < -0.4 is 11.1 Å². The molecule has 1 saturated heterocycles. The second-order valence-electron chi connectivity index (χ2n) is 5.98. The predicted octanol–water partition coefficient (Wildman–Crippen LogP) is 2.19. The van der Waals surface area contributed by atoms with Crippen LogP contribution in [0.15, 0.2) is 42.6 Å². The Morgan fingerprint density at radius 1 is 1.04 bits per heavy atom. The quantitative estimate of drug-likeness (QED) is 0.881. The molecule has 0 radical (unpaired) electrons. The van der Waals surface area contributed by atoms with Gasteiger partial charge in [-0.15, -0.1) is 0 Å². The van der Waals surface area contributed by atoms with Gasteiger partial charge in [0.25, 0.3) is 5.91 Å². The molecule has 0 aliphatic carbocycles. The normalized spacial score (nSPS) is 14.7. The predicted molar refractivity (Wildman–Crippen MR) is 95.6 cm³/mol. The molecule has 26 heavy (non-hydrogen) atoms. The Kier molecular flexibility index (Phi) is 5.31. The van der Waals surface area contributed by atoms with Gasteiger partial charge in [0.1, 0.15) is 11.6 Å². The number of halogens is 1. The lowest BCUT2D eigenvalue weighted by Crippen LogP contribution is -2.39. The van der Waals surface area contributed by atoms with Gasteiger partial charge in [0.2, 0.25) is 0 Å². The van der Waals surface area contributed by atoms with Crippen molar-refractivity contribution in [3.8, 4) is 0 Å². The zero-order chi connectivity index (χ0) is 18.5. The third kappa shape index (κ3) is 3.90. The lowest BCUT2D eigenvalue weighted by atomic mass is 10.2. The number of primary amides is 1. The average molecular weight is 357 g/mol. The zero-order valence-corrected chi connectivity index (χ0v) is 14.2. The third-order valence-corrected chi connectivity index (χ3v) is 4.26.